The van der Waals surface area contributed by atoms with E-state index in [-0.39, 0.29) is 12.0 Å². The van der Waals surface area contributed by atoms with Crippen molar-refractivity contribution in [3.8, 4) is 5.75 Å². The first-order chi connectivity index (χ1) is 7.81. The lowest BCUT2D eigenvalue weighted by Crippen LogP contribution is -2.19. The van der Waals surface area contributed by atoms with Gasteiger partial charge in [-0.1, -0.05) is 15.9 Å². The van der Waals surface area contributed by atoms with Crippen molar-refractivity contribution in [2.75, 3.05) is 7.11 Å². The van der Waals surface area contributed by atoms with Gasteiger partial charge in [0.1, 0.15) is 5.75 Å². The summed E-state index contributed by atoms with van der Waals surface area (Å²) in [4.78, 5) is 11.0. The van der Waals surface area contributed by atoms with Gasteiger partial charge in [-0.05, 0) is 18.2 Å². The Labute approximate surface area is 104 Å². The minimum Gasteiger partial charge on any atom is -0.469 e. The van der Waals surface area contributed by atoms with Gasteiger partial charge in [0.2, 0.25) is 0 Å². The van der Waals surface area contributed by atoms with Crippen molar-refractivity contribution in [3.63, 3.8) is 0 Å². The highest BCUT2D eigenvalue weighted by Crippen LogP contribution is 2.29. The zero-order chi connectivity index (χ0) is 13.1. The Bertz CT molecular complexity index is 418. The maximum absolute atomic E-state index is 12.1. The molecule has 7 heteroatoms. The number of ether oxygens (including phenoxy) is 2. The number of methoxy groups -OCH3 is 1. The Kier molecular flexibility index (Phi) is 4.39. The lowest BCUT2D eigenvalue weighted by Gasteiger charge is -2.13. The van der Waals surface area contributed by atoms with E-state index < -0.39 is 18.1 Å². The van der Waals surface area contributed by atoms with E-state index in [1.807, 2.05) is 0 Å². The largest absolute Gasteiger partial charge is 0.573 e. The van der Waals surface area contributed by atoms with Crippen molar-refractivity contribution in [1.82, 2.24) is 0 Å². The van der Waals surface area contributed by atoms with Crippen molar-refractivity contribution < 1.29 is 27.4 Å². The summed E-state index contributed by atoms with van der Waals surface area (Å²) in [5.74, 6) is -1.05. The van der Waals surface area contributed by atoms with Gasteiger partial charge >= 0.3 is 12.3 Å². The molecule has 0 bridgehead atoms. The standard InChI is InChI=1S/C10H8BrF3O3/c1-16-9(15)5-6-4-7(11)2-3-8(6)17-10(12,13)14/h2-4H,5H2,1H3. The number of alkyl halides is 3. The molecule has 0 atom stereocenters. The van der Waals surface area contributed by atoms with E-state index >= 15 is 0 Å². The molecule has 0 saturated heterocycles. The van der Waals surface area contributed by atoms with Crippen LogP contribution in [0.5, 0.6) is 5.75 Å². The van der Waals surface area contributed by atoms with E-state index in [4.69, 9.17) is 0 Å². The summed E-state index contributed by atoms with van der Waals surface area (Å²) < 4.78 is 45.0. The number of esters is 1. The fourth-order valence-electron chi connectivity index (χ4n) is 1.14. The molecule has 0 radical (unpaired) electrons. The van der Waals surface area contributed by atoms with Crippen LogP contribution in [0.2, 0.25) is 0 Å². The van der Waals surface area contributed by atoms with Gasteiger partial charge in [-0.15, -0.1) is 13.2 Å². The molecule has 0 aliphatic heterocycles. The fourth-order valence-corrected chi connectivity index (χ4v) is 1.55. The Morgan fingerprint density at radius 1 is 1.41 bits per heavy atom. The molecule has 0 saturated carbocycles. The molecule has 1 aromatic rings. The average Bonchev–Trinajstić information content (AvgIpc) is 2.20. The van der Waals surface area contributed by atoms with Gasteiger partial charge in [0, 0.05) is 10.0 Å². The second-order valence-corrected chi connectivity index (χ2v) is 3.97. The molecule has 3 nitrogen and oxygen atoms in total. The highest BCUT2D eigenvalue weighted by Gasteiger charge is 2.32. The molecule has 0 unspecified atom stereocenters. The number of carbonyl (C=O) groups excluding carboxylic acids is 1. The van der Waals surface area contributed by atoms with E-state index in [1.165, 1.54) is 12.1 Å². The van der Waals surface area contributed by atoms with Crippen molar-refractivity contribution in [3.05, 3.63) is 28.2 Å². The highest BCUT2D eigenvalue weighted by molar-refractivity contribution is 9.10. The van der Waals surface area contributed by atoms with E-state index in [1.54, 1.807) is 0 Å². The average molecular weight is 313 g/mol. The minimum absolute atomic E-state index is 0.101. The molecule has 1 aromatic carbocycles. The van der Waals surface area contributed by atoms with Crippen LogP contribution in [0, 0.1) is 0 Å². The SMILES string of the molecule is COC(=O)Cc1cc(Br)ccc1OC(F)(F)F. The van der Waals surface area contributed by atoms with Gasteiger partial charge in [-0.2, -0.15) is 0 Å². The van der Waals surface area contributed by atoms with E-state index in [2.05, 4.69) is 25.4 Å². The van der Waals surface area contributed by atoms with Crippen molar-refractivity contribution >= 4 is 21.9 Å². The number of benzene rings is 1. The number of halogens is 4. The third kappa shape index (κ3) is 4.64. The van der Waals surface area contributed by atoms with Crippen LogP contribution in [0.1, 0.15) is 5.56 Å². The van der Waals surface area contributed by atoms with Crippen LogP contribution in [-0.2, 0) is 16.0 Å². The van der Waals surface area contributed by atoms with Gasteiger partial charge in [-0.25, -0.2) is 0 Å². The molecule has 0 N–H and O–H groups in total. The highest BCUT2D eigenvalue weighted by atomic mass is 79.9. The van der Waals surface area contributed by atoms with Crippen LogP contribution >= 0.6 is 15.9 Å². The van der Waals surface area contributed by atoms with Crippen LogP contribution in [0.15, 0.2) is 22.7 Å². The normalized spacial score (nSPS) is 11.1. The van der Waals surface area contributed by atoms with Crippen LogP contribution < -0.4 is 4.74 Å². The van der Waals surface area contributed by atoms with Crippen LogP contribution in [0.25, 0.3) is 0 Å². The van der Waals surface area contributed by atoms with Crippen molar-refractivity contribution in [2.24, 2.45) is 0 Å². The first-order valence-electron chi connectivity index (χ1n) is 4.43. The number of rotatable bonds is 3. The van der Waals surface area contributed by atoms with Crippen molar-refractivity contribution in [2.45, 2.75) is 12.8 Å². The molecular weight excluding hydrogens is 305 g/mol. The summed E-state index contributed by atoms with van der Waals surface area (Å²) in [7, 11) is 1.16. The van der Waals surface area contributed by atoms with E-state index in [0.717, 1.165) is 13.2 Å². The lowest BCUT2D eigenvalue weighted by atomic mass is 10.1. The fraction of sp³-hybridized carbons (Fsp3) is 0.300. The molecule has 1 rings (SSSR count). The van der Waals surface area contributed by atoms with Gasteiger partial charge in [0.05, 0.1) is 13.5 Å². The smallest absolute Gasteiger partial charge is 0.469 e. The minimum atomic E-state index is -4.79. The monoisotopic (exact) mass is 312 g/mol. The van der Waals surface area contributed by atoms with Gasteiger partial charge < -0.3 is 9.47 Å². The van der Waals surface area contributed by atoms with E-state index in [9.17, 15) is 18.0 Å². The van der Waals surface area contributed by atoms with Crippen LogP contribution in [-0.4, -0.2) is 19.4 Å². The number of hydrogen-bond acceptors (Lipinski definition) is 3. The maximum atomic E-state index is 12.1. The summed E-state index contributed by atoms with van der Waals surface area (Å²) >= 11 is 3.10. The molecule has 0 fully saturated rings. The predicted molar refractivity (Wildman–Crippen MR) is 56.5 cm³/mol. The van der Waals surface area contributed by atoms with Gasteiger partial charge in [0.15, 0.2) is 0 Å². The van der Waals surface area contributed by atoms with Gasteiger partial charge in [-0.3, -0.25) is 4.79 Å². The Morgan fingerprint density at radius 3 is 2.59 bits per heavy atom. The lowest BCUT2D eigenvalue weighted by molar-refractivity contribution is -0.274. The second kappa shape index (κ2) is 5.39. The summed E-state index contributed by atoms with van der Waals surface area (Å²) in [5.41, 5.74) is 0.101. The summed E-state index contributed by atoms with van der Waals surface area (Å²) in [6, 6.07) is 3.90. The molecule has 0 spiro atoms. The second-order valence-electron chi connectivity index (χ2n) is 3.05. The third-order valence-electron chi connectivity index (χ3n) is 1.81. The quantitative estimate of drug-likeness (QED) is 0.805. The number of hydrogen-bond donors (Lipinski definition) is 0. The molecule has 0 amide bonds. The third-order valence-corrected chi connectivity index (χ3v) is 2.30. The molecular formula is C10H8BrF3O3. The number of carbonyl (C=O) groups is 1. The topological polar surface area (TPSA) is 35.5 Å². The molecule has 0 aromatic heterocycles. The Hall–Kier alpha value is -1.24. The molecule has 0 aliphatic carbocycles. The Morgan fingerprint density at radius 2 is 2.06 bits per heavy atom. The summed E-state index contributed by atoms with van der Waals surface area (Å²) in [6.07, 6.45) is -5.08. The zero-order valence-electron chi connectivity index (χ0n) is 8.68. The molecule has 94 valence electrons. The summed E-state index contributed by atoms with van der Waals surface area (Å²) in [6.45, 7) is 0. The Balaban J connectivity index is 2.99. The van der Waals surface area contributed by atoms with Crippen LogP contribution in [0.4, 0.5) is 13.2 Å². The zero-order valence-corrected chi connectivity index (χ0v) is 10.3. The van der Waals surface area contributed by atoms with Crippen LogP contribution in [0.3, 0.4) is 0 Å². The predicted octanol–water partition coefficient (Wildman–Crippen LogP) is 3.06. The first-order valence-corrected chi connectivity index (χ1v) is 5.22. The van der Waals surface area contributed by atoms with E-state index in [0.29, 0.717) is 4.47 Å². The van der Waals surface area contributed by atoms with Crippen molar-refractivity contribution in [1.29, 1.82) is 0 Å². The molecule has 0 aliphatic rings. The summed E-state index contributed by atoms with van der Waals surface area (Å²) in [5, 5.41) is 0. The van der Waals surface area contributed by atoms with Gasteiger partial charge in [0.25, 0.3) is 0 Å². The first kappa shape index (κ1) is 13.8. The molecule has 17 heavy (non-hydrogen) atoms. The maximum Gasteiger partial charge on any atom is 0.573 e. The molecule has 0 heterocycles.